The number of benzene rings is 3. The van der Waals surface area contributed by atoms with Crippen LogP contribution in [0.2, 0.25) is 5.02 Å². The Morgan fingerprint density at radius 1 is 1.17 bits per heavy atom. The lowest BCUT2D eigenvalue weighted by Gasteiger charge is -2.16. The van der Waals surface area contributed by atoms with Gasteiger partial charge in [0.1, 0.15) is 6.61 Å². The van der Waals surface area contributed by atoms with Gasteiger partial charge in [0.15, 0.2) is 11.5 Å². The minimum Gasteiger partial charge on any atom is -0.493 e. The molecule has 11 heteroatoms. The molecule has 0 fully saturated rings. The van der Waals surface area contributed by atoms with Gasteiger partial charge >= 0.3 is 0 Å². The maximum atomic E-state index is 12.4. The van der Waals surface area contributed by atoms with Gasteiger partial charge in [0, 0.05) is 23.2 Å². The summed E-state index contributed by atoms with van der Waals surface area (Å²) in [6, 6.07) is 17.0. The molecule has 0 heterocycles. The van der Waals surface area contributed by atoms with E-state index >= 15 is 0 Å². The third kappa shape index (κ3) is 6.97. The van der Waals surface area contributed by atoms with Crippen LogP contribution in [0.4, 0.5) is 5.69 Å². The molecule has 3 aromatic rings. The number of hydrogen-bond donors (Lipinski definition) is 1. The molecule has 0 radical (unpaired) electrons. The molecule has 8 nitrogen and oxygen atoms in total. The molecule has 0 bridgehead atoms. The first-order valence-corrected chi connectivity index (χ1v) is 13.2. The van der Waals surface area contributed by atoms with Gasteiger partial charge in [-0.3, -0.25) is 9.10 Å². The Labute approximate surface area is 217 Å². The molecule has 3 aromatic carbocycles. The number of methoxy groups -OCH3 is 1. The van der Waals surface area contributed by atoms with Crippen molar-refractivity contribution in [3.8, 4) is 11.5 Å². The third-order valence-corrected chi connectivity index (χ3v) is 7.12. The van der Waals surface area contributed by atoms with Gasteiger partial charge in [-0.1, -0.05) is 29.8 Å². The zero-order chi connectivity index (χ0) is 25.6. The van der Waals surface area contributed by atoms with Gasteiger partial charge in [-0.25, -0.2) is 13.8 Å². The molecule has 35 heavy (non-hydrogen) atoms. The quantitative estimate of drug-likeness (QED) is 0.288. The highest BCUT2D eigenvalue weighted by Gasteiger charge is 2.14. The molecule has 0 atom stereocenters. The first-order chi connectivity index (χ1) is 16.6. The van der Waals surface area contributed by atoms with E-state index < -0.39 is 15.9 Å². The number of sulfonamides is 1. The molecule has 0 aromatic heterocycles. The van der Waals surface area contributed by atoms with Gasteiger partial charge in [0.25, 0.3) is 5.91 Å². The number of halogens is 2. The Hall–Kier alpha value is -3.08. The molecule has 0 aliphatic carbocycles. The second kappa shape index (κ2) is 11.6. The van der Waals surface area contributed by atoms with Crippen molar-refractivity contribution in [2.24, 2.45) is 5.10 Å². The van der Waals surface area contributed by atoms with Gasteiger partial charge < -0.3 is 9.47 Å². The van der Waals surface area contributed by atoms with Crippen molar-refractivity contribution >= 4 is 55.4 Å². The molecule has 0 unspecified atom stereocenters. The number of carbonyl (C=O) groups excluding carboxylic acids is 1. The van der Waals surface area contributed by atoms with Crippen LogP contribution in [0.1, 0.15) is 21.5 Å². The fourth-order valence-corrected chi connectivity index (χ4v) is 4.23. The number of hydrazone groups is 1. The Bertz CT molecular complexity index is 1350. The van der Waals surface area contributed by atoms with Gasteiger partial charge in [-0.2, -0.15) is 5.10 Å². The molecule has 1 amide bonds. The predicted octanol–water partition coefficient (Wildman–Crippen LogP) is 4.85. The van der Waals surface area contributed by atoms with E-state index in [4.69, 9.17) is 21.1 Å². The number of hydrogen-bond acceptors (Lipinski definition) is 6. The maximum Gasteiger partial charge on any atom is 0.271 e. The second-order valence-electron chi connectivity index (χ2n) is 7.39. The van der Waals surface area contributed by atoms with Crippen LogP contribution >= 0.6 is 27.5 Å². The van der Waals surface area contributed by atoms with Gasteiger partial charge in [-0.15, -0.1) is 0 Å². The Kier molecular flexibility index (Phi) is 8.76. The molecular formula is C24H23BrClN3O5S. The van der Waals surface area contributed by atoms with Crippen molar-refractivity contribution in [3.05, 3.63) is 86.8 Å². The molecule has 0 saturated heterocycles. The third-order valence-electron chi connectivity index (χ3n) is 4.95. The van der Waals surface area contributed by atoms with E-state index in [9.17, 15) is 13.2 Å². The van der Waals surface area contributed by atoms with E-state index in [2.05, 4.69) is 26.5 Å². The SMILES string of the molecule is COc1cc(/C=N\NC(=O)c2ccc(N(C)S(C)(=O)=O)cc2)cc(Br)c1OCc1ccccc1Cl. The van der Waals surface area contributed by atoms with Crippen LogP contribution in [0.5, 0.6) is 11.5 Å². The monoisotopic (exact) mass is 579 g/mol. The zero-order valence-electron chi connectivity index (χ0n) is 19.2. The number of anilines is 1. The molecule has 184 valence electrons. The van der Waals surface area contributed by atoms with Crippen LogP contribution in [0.3, 0.4) is 0 Å². The summed E-state index contributed by atoms with van der Waals surface area (Å²) in [5.74, 6) is 0.540. The maximum absolute atomic E-state index is 12.4. The smallest absolute Gasteiger partial charge is 0.271 e. The van der Waals surface area contributed by atoms with Crippen molar-refractivity contribution in [3.63, 3.8) is 0 Å². The fraction of sp³-hybridized carbons (Fsp3) is 0.167. The average Bonchev–Trinajstić information content (AvgIpc) is 2.83. The number of nitrogens with one attached hydrogen (secondary N) is 1. The lowest BCUT2D eigenvalue weighted by molar-refractivity contribution is 0.0955. The summed E-state index contributed by atoms with van der Waals surface area (Å²) in [6.45, 7) is 0.261. The van der Waals surface area contributed by atoms with Gasteiger partial charge in [0.2, 0.25) is 10.0 Å². The second-order valence-corrected chi connectivity index (χ2v) is 10.7. The first-order valence-electron chi connectivity index (χ1n) is 10.2. The van der Waals surface area contributed by atoms with Crippen LogP contribution < -0.4 is 19.2 Å². The molecule has 0 saturated carbocycles. The number of carbonyl (C=O) groups is 1. The van der Waals surface area contributed by atoms with E-state index in [0.29, 0.717) is 37.8 Å². The number of ether oxygens (including phenoxy) is 2. The summed E-state index contributed by atoms with van der Waals surface area (Å²) < 4.78 is 36.4. The summed E-state index contributed by atoms with van der Waals surface area (Å²) in [6.07, 6.45) is 2.57. The molecule has 0 aliphatic heterocycles. The summed E-state index contributed by atoms with van der Waals surface area (Å²) in [7, 11) is -0.422. The van der Waals surface area contributed by atoms with Crippen molar-refractivity contribution in [1.29, 1.82) is 0 Å². The van der Waals surface area contributed by atoms with E-state index in [1.54, 1.807) is 30.3 Å². The molecular weight excluding hydrogens is 558 g/mol. The average molecular weight is 581 g/mol. The minimum absolute atomic E-state index is 0.261. The molecule has 1 N–H and O–H groups in total. The molecule has 0 spiro atoms. The van der Waals surface area contributed by atoms with Gasteiger partial charge in [0.05, 0.1) is 29.7 Å². The van der Waals surface area contributed by atoms with Crippen LogP contribution in [-0.2, 0) is 16.6 Å². The largest absolute Gasteiger partial charge is 0.493 e. The van der Waals surface area contributed by atoms with Gasteiger partial charge in [-0.05, 0) is 64.0 Å². The Morgan fingerprint density at radius 3 is 2.49 bits per heavy atom. The van der Waals surface area contributed by atoms with E-state index in [-0.39, 0.29) is 6.61 Å². The fourth-order valence-electron chi connectivity index (χ4n) is 2.96. The van der Waals surface area contributed by atoms with Crippen molar-refractivity contribution in [2.75, 3.05) is 24.7 Å². The van der Waals surface area contributed by atoms with Crippen LogP contribution in [0.25, 0.3) is 0 Å². The summed E-state index contributed by atoms with van der Waals surface area (Å²) in [4.78, 5) is 12.4. The highest BCUT2D eigenvalue weighted by Crippen LogP contribution is 2.37. The lowest BCUT2D eigenvalue weighted by Crippen LogP contribution is -2.25. The predicted molar refractivity (Wildman–Crippen MR) is 141 cm³/mol. The van der Waals surface area contributed by atoms with E-state index in [1.165, 1.54) is 32.5 Å². The van der Waals surface area contributed by atoms with Crippen molar-refractivity contribution in [1.82, 2.24) is 5.43 Å². The van der Waals surface area contributed by atoms with Crippen LogP contribution in [-0.4, -0.2) is 41.0 Å². The Morgan fingerprint density at radius 2 is 1.86 bits per heavy atom. The van der Waals surface area contributed by atoms with E-state index in [1.807, 2.05) is 18.2 Å². The summed E-state index contributed by atoms with van der Waals surface area (Å²) >= 11 is 9.68. The lowest BCUT2D eigenvalue weighted by atomic mass is 10.2. The normalized spacial score (nSPS) is 11.3. The van der Waals surface area contributed by atoms with Crippen LogP contribution in [0.15, 0.2) is 70.2 Å². The molecule has 3 rings (SSSR count). The molecule has 0 aliphatic rings. The summed E-state index contributed by atoms with van der Waals surface area (Å²) in [5, 5.41) is 4.61. The van der Waals surface area contributed by atoms with Crippen molar-refractivity contribution < 1.29 is 22.7 Å². The van der Waals surface area contributed by atoms with E-state index in [0.717, 1.165) is 16.1 Å². The minimum atomic E-state index is -3.39. The zero-order valence-corrected chi connectivity index (χ0v) is 22.3. The van der Waals surface area contributed by atoms with Crippen molar-refractivity contribution in [2.45, 2.75) is 6.61 Å². The number of nitrogens with zero attached hydrogens (tertiary/aromatic N) is 2. The topological polar surface area (TPSA) is 97.3 Å². The number of rotatable bonds is 9. The number of amides is 1. The highest BCUT2D eigenvalue weighted by atomic mass is 79.9. The highest BCUT2D eigenvalue weighted by molar-refractivity contribution is 9.10. The van der Waals surface area contributed by atoms with Crippen LogP contribution in [0, 0.1) is 0 Å². The Balaban J connectivity index is 1.67. The summed E-state index contributed by atoms with van der Waals surface area (Å²) in [5.41, 5.74) is 4.72. The first kappa shape index (κ1) is 26.5. The standard InChI is InChI=1S/C24H23BrClN3O5S/c1-29(35(3,31)32)19-10-8-17(9-11-19)24(30)28-27-14-16-12-20(25)23(22(13-16)33-2)34-15-18-6-4-5-7-21(18)26/h4-14H,15H2,1-3H3,(H,28,30)/b27-14-.